The summed E-state index contributed by atoms with van der Waals surface area (Å²) in [4.78, 5) is 10.5. The fourth-order valence-electron chi connectivity index (χ4n) is 1.75. The van der Waals surface area contributed by atoms with Crippen LogP contribution in [-0.4, -0.2) is 6.29 Å². The van der Waals surface area contributed by atoms with Gasteiger partial charge in [-0.25, -0.2) is 0 Å². The molecule has 1 aliphatic rings. The standard InChI is InChI=1S/C11H18O/c1-2-3-5-10-6-4-7-11(8-10)9-12/h8-9,11H,2-7H2,1H3. The van der Waals surface area contributed by atoms with E-state index in [4.69, 9.17) is 0 Å². The van der Waals surface area contributed by atoms with E-state index in [1.54, 1.807) is 0 Å². The van der Waals surface area contributed by atoms with Crippen molar-refractivity contribution in [1.82, 2.24) is 0 Å². The highest BCUT2D eigenvalue weighted by Crippen LogP contribution is 2.24. The van der Waals surface area contributed by atoms with E-state index in [-0.39, 0.29) is 5.92 Å². The Bertz CT molecular complexity index is 170. The number of hydrogen-bond donors (Lipinski definition) is 0. The summed E-state index contributed by atoms with van der Waals surface area (Å²) in [5.41, 5.74) is 1.51. The molecule has 1 unspecified atom stereocenters. The molecule has 0 spiro atoms. The van der Waals surface area contributed by atoms with Crippen LogP contribution < -0.4 is 0 Å². The molecular weight excluding hydrogens is 148 g/mol. The third-order valence-electron chi connectivity index (χ3n) is 2.51. The highest BCUT2D eigenvalue weighted by Gasteiger charge is 2.11. The van der Waals surface area contributed by atoms with Crippen LogP contribution in [0, 0.1) is 5.92 Å². The normalized spacial score (nSPS) is 23.4. The van der Waals surface area contributed by atoms with E-state index in [9.17, 15) is 4.79 Å². The van der Waals surface area contributed by atoms with Crippen molar-refractivity contribution in [2.24, 2.45) is 5.92 Å². The molecule has 0 bridgehead atoms. The molecule has 1 atom stereocenters. The Morgan fingerprint density at radius 3 is 3.17 bits per heavy atom. The number of allylic oxidation sites excluding steroid dienone is 2. The Hall–Kier alpha value is -0.590. The lowest BCUT2D eigenvalue weighted by atomic mass is 9.89. The number of aldehydes is 1. The predicted molar refractivity (Wildman–Crippen MR) is 51.0 cm³/mol. The first-order valence-corrected chi connectivity index (χ1v) is 5.01. The molecule has 0 N–H and O–H groups in total. The maximum absolute atomic E-state index is 10.5. The second-order valence-electron chi connectivity index (χ2n) is 3.62. The molecule has 1 rings (SSSR count). The van der Waals surface area contributed by atoms with E-state index in [1.807, 2.05) is 0 Å². The van der Waals surface area contributed by atoms with Crippen LogP contribution in [0.5, 0.6) is 0 Å². The molecule has 0 saturated heterocycles. The van der Waals surface area contributed by atoms with Gasteiger partial charge in [0.05, 0.1) is 0 Å². The van der Waals surface area contributed by atoms with E-state index in [0.717, 1.165) is 12.7 Å². The number of carbonyl (C=O) groups is 1. The molecular formula is C11H18O. The lowest BCUT2D eigenvalue weighted by Gasteiger charge is -2.16. The van der Waals surface area contributed by atoms with E-state index < -0.39 is 0 Å². The molecule has 0 aromatic carbocycles. The minimum atomic E-state index is 0.227. The molecule has 12 heavy (non-hydrogen) atoms. The van der Waals surface area contributed by atoms with Gasteiger partial charge in [0, 0.05) is 5.92 Å². The molecule has 68 valence electrons. The van der Waals surface area contributed by atoms with Crippen LogP contribution >= 0.6 is 0 Å². The molecule has 0 radical (unpaired) electrons. The summed E-state index contributed by atoms with van der Waals surface area (Å²) in [5, 5.41) is 0. The van der Waals surface area contributed by atoms with Gasteiger partial charge < -0.3 is 4.79 Å². The van der Waals surface area contributed by atoms with Crippen LogP contribution in [0.25, 0.3) is 0 Å². The third kappa shape index (κ3) is 2.80. The topological polar surface area (TPSA) is 17.1 Å². The highest BCUT2D eigenvalue weighted by molar-refractivity contribution is 5.57. The van der Waals surface area contributed by atoms with Crippen molar-refractivity contribution in [1.29, 1.82) is 0 Å². The fraction of sp³-hybridized carbons (Fsp3) is 0.727. The van der Waals surface area contributed by atoms with Crippen LogP contribution in [0.1, 0.15) is 45.4 Å². The molecule has 1 nitrogen and oxygen atoms in total. The first-order chi connectivity index (χ1) is 5.86. The SMILES string of the molecule is CCCCC1=CC(C=O)CCC1. The second-order valence-corrected chi connectivity index (χ2v) is 3.62. The molecule has 0 fully saturated rings. The minimum Gasteiger partial charge on any atom is -0.303 e. The maximum atomic E-state index is 10.5. The van der Waals surface area contributed by atoms with Gasteiger partial charge >= 0.3 is 0 Å². The summed E-state index contributed by atoms with van der Waals surface area (Å²) in [6.07, 6.45) is 10.5. The fourth-order valence-corrected chi connectivity index (χ4v) is 1.75. The molecule has 0 saturated carbocycles. The lowest BCUT2D eigenvalue weighted by molar-refractivity contribution is -0.110. The Kier molecular flexibility index (Phi) is 4.06. The van der Waals surface area contributed by atoms with Crippen molar-refractivity contribution < 1.29 is 4.79 Å². The molecule has 0 amide bonds. The van der Waals surface area contributed by atoms with Crippen molar-refractivity contribution in [3.63, 3.8) is 0 Å². The maximum Gasteiger partial charge on any atom is 0.126 e. The summed E-state index contributed by atoms with van der Waals surface area (Å²) in [7, 11) is 0. The van der Waals surface area contributed by atoms with Gasteiger partial charge in [0.2, 0.25) is 0 Å². The minimum absolute atomic E-state index is 0.227. The molecule has 0 aromatic heterocycles. The molecule has 1 aliphatic carbocycles. The van der Waals surface area contributed by atoms with Gasteiger partial charge in [-0.05, 0) is 32.1 Å². The predicted octanol–water partition coefficient (Wildman–Crippen LogP) is 3.10. The summed E-state index contributed by atoms with van der Waals surface area (Å²) < 4.78 is 0. The summed E-state index contributed by atoms with van der Waals surface area (Å²) in [5.74, 6) is 0.227. The van der Waals surface area contributed by atoms with Crippen LogP contribution in [0.15, 0.2) is 11.6 Å². The summed E-state index contributed by atoms with van der Waals surface area (Å²) in [6.45, 7) is 2.21. The molecule has 0 heterocycles. The zero-order chi connectivity index (χ0) is 8.81. The van der Waals surface area contributed by atoms with E-state index in [1.165, 1.54) is 37.7 Å². The van der Waals surface area contributed by atoms with Gasteiger partial charge in [0.15, 0.2) is 0 Å². The zero-order valence-electron chi connectivity index (χ0n) is 7.88. The Morgan fingerprint density at radius 1 is 1.67 bits per heavy atom. The highest BCUT2D eigenvalue weighted by atomic mass is 16.1. The van der Waals surface area contributed by atoms with E-state index in [0.29, 0.717) is 0 Å². The Morgan fingerprint density at radius 2 is 2.50 bits per heavy atom. The first kappa shape index (κ1) is 9.50. The van der Waals surface area contributed by atoms with Gasteiger partial charge in [-0.15, -0.1) is 0 Å². The van der Waals surface area contributed by atoms with Crippen molar-refractivity contribution in [3.8, 4) is 0 Å². The average molecular weight is 166 g/mol. The van der Waals surface area contributed by atoms with Gasteiger partial charge in [-0.2, -0.15) is 0 Å². The average Bonchev–Trinajstić information content (AvgIpc) is 2.15. The van der Waals surface area contributed by atoms with Gasteiger partial charge in [0.1, 0.15) is 6.29 Å². The van der Waals surface area contributed by atoms with Crippen LogP contribution in [0.4, 0.5) is 0 Å². The van der Waals surface area contributed by atoms with Crippen molar-refractivity contribution in [3.05, 3.63) is 11.6 Å². The lowest BCUT2D eigenvalue weighted by Crippen LogP contribution is -2.05. The van der Waals surface area contributed by atoms with Crippen LogP contribution in [-0.2, 0) is 4.79 Å². The molecule has 1 heteroatoms. The van der Waals surface area contributed by atoms with Crippen molar-refractivity contribution in [2.75, 3.05) is 0 Å². The number of hydrogen-bond acceptors (Lipinski definition) is 1. The van der Waals surface area contributed by atoms with Crippen LogP contribution in [0.2, 0.25) is 0 Å². The van der Waals surface area contributed by atoms with E-state index >= 15 is 0 Å². The molecule has 0 aromatic rings. The largest absolute Gasteiger partial charge is 0.303 e. The smallest absolute Gasteiger partial charge is 0.126 e. The molecule has 0 aliphatic heterocycles. The number of rotatable bonds is 4. The quantitative estimate of drug-likeness (QED) is 0.463. The van der Waals surface area contributed by atoms with E-state index in [2.05, 4.69) is 13.0 Å². The van der Waals surface area contributed by atoms with Crippen molar-refractivity contribution in [2.45, 2.75) is 45.4 Å². The Balaban J connectivity index is 2.40. The summed E-state index contributed by atoms with van der Waals surface area (Å²) >= 11 is 0. The zero-order valence-corrected chi connectivity index (χ0v) is 7.88. The number of carbonyl (C=O) groups excluding carboxylic acids is 1. The Labute approximate surface area is 74.9 Å². The monoisotopic (exact) mass is 166 g/mol. The van der Waals surface area contributed by atoms with Gasteiger partial charge in [-0.3, -0.25) is 0 Å². The summed E-state index contributed by atoms with van der Waals surface area (Å²) in [6, 6.07) is 0. The number of unbranched alkanes of at least 4 members (excludes halogenated alkanes) is 1. The van der Waals surface area contributed by atoms with Gasteiger partial charge in [-0.1, -0.05) is 25.0 Å². The second kappa shape index (κ2) is 5.13. The van der Waals surface area contributed by atoms with Gasteiger partial charge in [0.25, 0.3) is 0 Å². The van der Waals surface area contributed by atoms with Crippen LogP contribution in [0.3, 0.4) is 0 Å². The first-order valence-electron chi connectivity index (χ1n) is 5.01. The third-order valence-corrected chi connectivity index (χ3v) is 2.51. The van der Waals surface area contributed by atoms with Crippen molar-refractivity contribution >= 4 is 6.29 Å².